The smallest absolute Gasteiger partial charge is 0.323 e. The van der Waals surface area contributed by atoms with Crippen molar-refractivity contribution in [2.45, 2.75) is 43.9 Å². The summed E-state index contributed by atoms with van der Waals surface area (Å²) in [5.74, 6) is -0.505. The van der Waals surface area contributed by atoms with Crippen LogP contribution in [0.3, 0.4) is 0 Å². The van der Waals surface area contributed by atoms with E-state index in [4.69, 9.17) is 17.3 Å². The summed E-state index contributed by atoms with van der Waals surface area (Å²) in [7, 11) is -3.68. The predicted molar refractivity (Wildman–Crippen MR) is 111 cm³/mol. The number of hydrogen-bond acceptors (Lipinski definition) is 5. The molecule has 0 radical (unpaired) electrons. The molecular formula is C18H26ClN5O4S. The number of hydrogen-bond donors (Lipinski definition) is 3. The molecule has 3 rings (SSSR count). The molecule has 2 fully saturated rings. The van der Waals surface area contributed by atoms with Crippen LogP contribution in [-0.4, -0.2) is 67.2 Å². The van der Waals surface area contributed by atoms with E-state index in [-0.39, 0.29) is 25.2 Å². The van der Waals surface area contributed by atoms with Gasteiger partial charge in [-0.2, -0.15) is 4.31 Å². The van der Waals surface area contributed by atoms with E-state index in [1.54, 1.807) is 24.3 Å². The minimum atomic E-state index is -3.68. The molecule has 1 aliphatic heterocycles. The normalized spacial score (nSPS) is 25.6. The molecule has 1 unspecified atom stereocenters. The van der Waals surface area contributed by atoms with Crippen molar-refractivity contribution < 1.29 is 18.0 Å². The third-order valence-corrected chi connectivity index (χ3v) is 6.71. The molecule has 9 nitrogen and oxygen atoms in total. The van der Waals surface area contributed by atoms with Crippen molar-refractivity contribution in [2.24, 2.45) is 5.73 Å². The second-order valence-corrected chi connectivity index (χ2v) is 9.87. The van der Waals surface area contributed by atoms with Gasteiger partial charge in [-0.3, -0.25) is 9.69 Å². The highest BCUT2D eigenvalue weighted by Crippen LogP contribution is 2.23. The molecule has 0 spiro atoms. The molecule has 160 valence electrons. The number of rotatable bonds is 4. The Bertz CT molecular complexity index is 873. The Morgan fingerprint density at radius 2 is 1.86 bits per heavy atom. The van der Waals surface area contributed by atoms with Crippen LogP contribution in [-0.2, 0) is 14.8 Å². The Balaban J connectivity index is 1.76. The van der Waals surface area contributed by atoms with Crippen molar-refractivity contribution >= 4 is 39.2 Å². The molecule has 3 amide bonds. The average Bonchev–Trinajstić information content (AvgIpc) is 3.09. The molecule has 1 aliphatic carbocycles. The lowest BCUT2D eigenvalue weighted by Crippen LogP contribution is -2.56. The van der Waals surface area contributed by atoms with Gasteiger partial charge in [0.25, 0.3) is 5.91 Å². The first-order valence-electron chi connectivity index (χ1n) is 9.51. The number of nitrogens with one attached hydrogen (secondary N) is 2. The summed E-state index contributed by atoms with van der Waals surface area (Å²) in [6.45, 7) is 0.155. The van der Waals surface area contributed by atoms with Crippen molar-refractivity contribution in [3.63, 3.8) is 0 Å². The summed E-state index contributed by atoms with van der Waals surface area (Å²) >= 11 is 5.94. The molecule has 2 aliphatic rings. The van der Waals surface area contributed by atoms with Gasteiger partial charge in [-0.15, -0.1) is 0 Å². The zero-order valence-corrected chi connectivity index (χ0v) is 17.7. The Kier molecular flexibility index (Phi) is 6.67. The van der Waals surface area contributed by atoms with E-state index in [2.05, 4.69) is 10.6 Å². The first-order valence-corrected chi connectivity index (χ1v) is 11.7. The van der Waals surface area contributed by atoms with Gasteiger partial charge in [0.15, 0.2) is 6.17 Å². The molecule has 1 saturated carbocycles. The predicted octanol–water partition coefficient (Wildman–Crippen LogP) is 1.16. The number of urea groups is 1. The molecule has 4 N–H and O–H groups in total. The van der Waals surface area contributed by atoms with Crippen LogP contribution < -0.4 is 16.4 Å². The molecule has 1 atom stereocenters. The second kappa shape index (κ2) is 8.86. The minimum Gasteiger partial charge on any atom is -0.350 e. The highest BCUT2D eigenvalue weighted by Gasteiger charge is 2.45. The number of nitrogens with zero attached hydrogens (tertiary/aromatic N) is 2. The highest BCUT2D eigenvalue weighted by atomic mass is 35.5. The Morgan fingerprint density at radius 1 is 1.17 bits per heavy atom. The molecule has 1 aromatic rings. The lowest BCUT2D eigenvalue weighted by atomic mass is 9.92. The number of sulfonamides is 1. The fourth-order valence-electron chi connectivity index (χ4n) is 3.74. The van der Waals surface area contributed by atoms with Crippen LogP contribution in [0.15, 0.2) is 24.3 Å². The van der Waals surface area contributed by atoms with Crippen LogP contribution in [0, 0.1) is 0 Å². The van der Waals surface area contributed by atoms with Gasteiger partial charge in [0.05, 0.1) is 6.26 Å². The maximum atomic E-state index is 13.0. The number of carbonyl (C=O) groups excluding carboxylic acids is 2. The molecule has 0 aromatic heterocycles. The minimum absolute atomic E-state index is 0.0510. The Morgan fingerprint density at radius 3 is 2.48 bits per heavy atom. The number of benzene rings is 1. The number of halogens is 1. The van der Waals surface area contributed by atoms with Crippen molar-refractivity contribution in [1.82, 2.24) is 14.5 Å². The molecule has 29 heavy (non-hydrogen) atoms. The monoisotopic (exact) mass is 443 g/mol. The fraction of sp³-hybridized carbons (Fsp3) is 0.556. The molecule has 0 bridgehead atoms. The Hall–Kier alpha value is -1.88. The maximum absolute atomic E-state index is 13.0. The first-order chi connectivity index (χ1) is 13.6. The quantitative estimate of drug-likeness (QED) is 0.644. The van der Waals surface area contributed by atoms with Crippen LogP contribution >= 0.6 is 11.6 Å². The molecule has 11 heteroatoms. The summed E-state index contributed by atoms with van der Waals surface area (Å²) in [5, 5.41) is 6.02. The maximum Gasteiger partial charge on any atom is 0.323 e. The van der Waals surface area contributed by atoms with E-state index in [0.717, 1.165) is 36.2 Å². The van der Waals surface area contributed by atoms with Crippen LogP contribution in [0.2, 0.25) is 5.02 Å². The van der Waals surface area contributed by atoms with Crippen molar-refractivity contribution in [3.05, 3.63) is 29.3 Å². The first kappa shape index (κ1) is 21.8. The van der Waals surface area contributed by atoms with Gasteiger partial charge in [-0.05, 0) is 43.9 Å². The number of carbonyl (C=O) groups is 2. The largest absolute Gasteiger partial charge is 0.350 e. The van der Waals surface area contributed by atoms with Gasteiger partial charge >= 0.3 is 6.03 Å². The summed E-state index contributed by atoms with van der Waals surface area (Å²) < 4.78 is 25.5. The van der Waals surface area contributed by atoms with Crippen molar-refractivity contribution in [1.29, 1.82) is 0 Å². The van der Waals surface area contributed by atoms with Gasteiger partial charge in [-0.25, -0.2) is 13.2 Å². The van der Waals surface area contributed by atoms with Gasteiger partial charge in [-0.1, -0.05) is 17.7 Å². The van der Waals surface area contributed by atoms with Crippen LogP contribution in [0.5, 0.6) is 0 Å². The summed E-state index contributed by atoms with van der Waals surface area (Å²) in [6.07, 6.45) is 2.85. The van der Waals surface area contributed by atoms with Crippen LogP contribution in [0.25, 0.3) is 0 Å². The van der Waals surface area contributed by atoms with E-state index in [9.17, 15) is 18.0 Å². The third kappa shape index (κ3) is 5.39. The molecular weight excluding hydrogens is 418 g/mol. The average molecular weight is 444 g/mol. The molecule has 1 heterocycles. The zero-order valence-electron chi connectivity index (χ0n) is 16.2. The zero-order chi connectivity index (χ0) is 21.2. The SMILES string of the molecule is CS(=O)(=O)N1CCN(C(=O)Nc2cccc(Cl)c2)C1C(=O)NC1CCC(N)CC1. The topological polar surface area (TPSA) is 125 Å². The van der Waals surface area contributed by atoms with E-state index in [1.165, 1.54) is 4.90 Å². The van der Waals surface area contributed by atoms with Gasteiger partial charge in [0.2, 0.25) is 10.0 Å². The number of amides is 3. The summed E-state index contributed by atoms with van der Waals surface area (Å²) in [5.41, 5.74) is 6.36. The fourth-order valence-corrected chi connectivity index (χ4v) is 4.92. The lowest BCUT2D eigenvalue weighted by molar-refractivity contribution is -0.128. The van der Waals surface area contributed by atoms with E-state index >= 15 is 0 Å². The van der Waals surface area contributed by atoms with E-state index < -0.39 is 28.1 Å². The third-order valence-electron chi connectivity index (χ3n) is 5.24. The number of nitrogens with two attached hydrogens (primary N) is 1. The molecule has 1 saturated heterocycles. The highest BCUT2D eigenvalue weighted by molar-refractivity contribution is 7.88. The van der Waals surface area contributed by atoms with Gasteiger partial charge < -0.3 is 16.4 Å². The standard InChI is InChI=1S/C18H26ClN5O4S/c1-29(27,28)24-10-9-23(18(26)22-15-4-2-3-12(19)11-15)17(24)16(25)21-14-7-5-13(20)6-8-14/h2-4,11,13-14,17H,5-10,20H2,1H3,(H,21,25)(H,22,26). The van der Waals surface area contributed by atoms with E-state index in [0.29, 0.717) is 10.7 Å². The van der Waals surface area contributed by atoms with E-state index in [1.807, 2.05) is 0 Å². The van der Waals surface area contributed by atoms with Crippen LogP contribution in [0.4, 0.5) is 10.5 Å². The summed E-state index contributed by atoms with van der Waals surface area (Å²) in [4.78, 5) is 27.0. The molecule has 1 aromatic carbocycles. The van der Waals surface area contributed by atoms with Crippen LogP contribution in [0.1, 0.15) is 25.7 Å². The lowest BCUT2D eigenvalue weighted by Gasteiger charge is -2.32. The van der Waals surface area contributed by atoms with Crippen molar-refractivity contribution in [3.8, 4) is 0 Å². The van der Waals surface area contributed by atoms with Crippen molar-refractivity contribution in [2.75, 3.05) is 24.7 Å². The number of anilines is 1. The van der Waals surface area contributed by atoms with Gasteiger partial charge in [0.1, 0.15) is 0 Å². The second-order valence-electron chi connectivity index (χ2n) is 7.50. The summed E-state index contributed by atoms with van der Waals surface area (Å²) in [6, 6.07) is 6.07. The Labute approximate surface area is 175 Å². The van der Waals surface area contributed by atoms with Gasteiger partial charge in [0, 0.05) is 35.9 Å².